The Morgan fingerprint density at radius 2 is 1.90 bits per heavy atom. The van der Waals surface area contributed by atoms with E-state index < -0.39 is 6.10 Å². The summed E-state index contributed by atoms with van der Waals surface area (Å²) < 4.78 is 5.37. The Bertz CT molecular complexity index is 583. The summed E-state index contributed by atoms with van der Waals surface area (Å²) in [4.78, 5) is 0. The molecule has 0 saturated carbocycles. The van der Waals surface area contributed by atoms with Crippen LogP contribution in [0.25, 0.3) is 0 Å². The van der Waals surface area contributed by atoms with Crippen LogP contribution in [0.5, 0.6) is 5.75 Å². The summed E-state index contributed by atoms with van der Waals surface area (Å²) in [5.41, 5.74) is 3.19. The molecule has 2 aromatic rings. The van der Waals surface area contributed by atoms with Crippen molar-refractivity contribution in [3.05, 3.63) is 65.2 Å². The maximum absolute atomic E-state index is 10.3. The van der Waals surface area contributed by atoms with E-state index in [4.69, 9.17) is 4.74 Å². The van der Waals surface area contributed by atoms with Crippen molar-refractivity contribution in [1.82, 2.24) is 5.32 Å². The number of hydrogen-bond acceptors (Lipinski definition) is 3. The van der Waals surface area contributed by atoms with Gasteiger partial charge in [-0.25, -0.2) is 0 Å². The van der Waals surface area contributed by atoms with Gasteiger partial charge in [0.05, 0.1) is 13.2 Å². The van der Waals surface area contributed by atoms with Crippen LogP contribution in [0.15, 0.2) is 48.5 Å². The first-order valence-corrected chi connectivity index (χ1v) is 7.22. The molecular formula is C18H23NO2. The molecule has 0 aliphatic heterocycles. The van der Waals surface area contributed by atoms with Gasteiger partial charge in [0.1, 0.15) is 5.75 Å². The normalized spacial score (nSPS) is 13.7. The fourth-order valence-electron chi connectivity index (χ4n) is 2.42. The van der Waals surface area contributed by atoms with E-state index >= 15 is 0 Å². The third-order valence-electron chi connectivity index (χ3n) is 3.65. The second-order valence-electron chi connectivity index (χ2n) is 5.30. The van der Waals surface area contributed by atoms with E-state index in [1.807, 2.05) is 55.5 Å². The third kappa shape index (κ3) is 4.06. The molecule has 0 aromatic heterocycles. The Balaban J connectivity index is 1.99. The summed E-state index contributed by atoms with van der Waals surface area (Å²) in [6.45, 7) is 4.60. The van der Waals surface area contributed by atoms with Crippen LogP contribution in [-0.2, 0) is 0 Å². The maximum atomic E-state index is 10.3. The lowest BCUT2D eigenvalue weighted by Gasteiger charge is -2.19. The molecule has 2 unspecified atom stereocenters. The quantitative estimate of drug-likeness (QED) is 0.855. The molecule has 2 aromatic carbocycles. The van der Waals surface area contributed by atoms with Crippen LogP contribution in [0, 0.1) is 6.92 Å². The number of aliphatic hydroxyl groups is 1. The predicted octanol–water partition coefficient (Wildman–Crippen LogP) is 3.39. The van der Waals surface area contributed by atoms with Gasteiger partial charge in [-0.3, -0.25) is 0 Å². The minimum atomic E-state index is -0.512. The summed E-state index contributed by atoms with van der Waals surface area (Å²) in [5.74, 6) is 0.863. The summed E-state index contributed by atoms with van der Waals surface area (Å²) in [6, 6.07) is 16.0. The van der Waals surface area contributed by atoms with Gasteiger partial charge in [0.25, 0.3) is 0 Å². The monoisotopic (exact) mass is 285 g/mol. The average Bonchev–Trinajstić information content (AvgIpc) is 2.52. The number of methoxy groups -OCH3 is 1. The molecule has 0 saturated heterocycles. The first-order chi connectivity index (χ1) is 10.1. The van der Waals surface area contributed by atoms with Crippen molar-refractivity contribution in [3.63, 3.8) is 0 Å². The predicted molar refractivity (Wildman–Crippen MR) is 85.6 cm³/mol. The zero-order chi connectivity index (χ0) is 15.2. The van der Waals surface area contributed by atoms with Gasteiger partial charge < -0.3 is 15.2 Å². The standard InChI is InChI=1S/C18H23NO2/c1-13-7-6-8-15(11-13)17(20)12-19-14(2)16-9-4-5-10-18(16)21-3/h4-11,14,17,19-20H,12H2,1-3H3. The van der Waals surface area contributed by atoms with Crippen molar-refractivity contribution >= 4 is 0 Å². The van der Waals surface area contributed by atoms with E-state index in [0.29, 0.717) is 6.54 Å². The van der Waals surface area contributed by atoms with E-state index in [2.05, 4.69) is 12.2 Å². The molecule has 0 radical (unpaired) electrons. The number of benzene rings is 2. The van der Waals surface area contributed by atoms with Crippen molar-refractivity contribution < 1.29 is 9.84 Å². The van der Waals surface area contributed by atoms with Crippen LogP contribution in [0.2, 0.25) is 0 Å². The number of aliphatic hydroxyl groups excluding tert-OH is 1. The highest BCUT2D eigenvalue weighted by atomic mass is 16.5. The second-order valence-corrected chi connectivity index (χ2v) is 5.30. The van der Waals surface area contributed by atoms with Crippen LogP contribution in [0.4, 0.5) is 0 Å². The molecule has 3 heteroatoms. The van der Waals surface area contributed by atoms with E-state index in [0.717, 1.165) is 22.4 Å². The van der Waals surface area contributed by atoms with E-state index in [1.54, 1.807) is 7.11 Å². The zero-order valence-electron chi connectivity index (χ0n) is 12.8. The summed E-state index contributed by atoms with van der Waals surface area (Å²) in [6.07, 6.45) is -0.512. The number of ether oxygens (including phenoxy) is 1. The summed E-state index contributed by atoms with van der Waals surface area (Å²) in [5, 5.41) is 13.6. The maximum Gasteiger partial charge on any atom is 0.123 e. The van der Waals surface area contributed by atoms with Gasteiger partial charge >= 0.3 is 0 Å². The molecule has 0 bridgehead atoms. The molecule has 0 amide bonds. The number of hydrogen-bond donors (Lipinski definition) is 2. The summed E-state index contributed by atoms with van der Waals surface area (Å²) in [7, 11) is 1.67. The van der Waals surface area contributed by atoms with Gasteiger partial charge in [0.15, 0.2) is 0 Å². The molecule has 2 N–H and O–H groups in total. The molecule has 2 atom stereocenters. The van der Waals surface area contributed by atoms with E-state index in [1.165, 1.54) is 0 Å². The fraction of sp³-hybridized carbons (Fsp3) is 0.333. The molecule has 0 heterocycles. The molecule has 21 heavy (non-hydrogen) atoms. The van der Waals surface area contributed by atoms with Gasteiger partial charge in [0.2, 0.25) is 0 Å². The largest absolute Gasteiger partial charge is 0.496 e. The fourth-order valence-corrected chi connectivity index (χ4v) is 2.42. The molecule has 112 valence electrons. The topological polar surface area (TPSA) is 41.5 Å². The van der Waals surface area contributed by atoms with E-state index in [-0.39, 0.29) is 6.04 Å². The highest BCUT2D eigenvalue weighted by Gasteiger charge is 2.13. The van der Waals surface area contributed by atoms with Crippen LogP contribution >= 0.6 is 0 Å². The average molecular weight is 285 g/mol. The molecule has 0 aliphatic carbocycles. The Hall–Kier alpha value is -1.84. The zero-order valence-corrected chi connectivity index (χ0v) is 12.8. The van der Waals surface area contributed by atoms with Crippen molar-refractivity contribution in [1.29, 1.82) is 0 Å². The SMILES string of the molecule is COc1ccccc1C(C)NCC(O)c1cccc(C)c1. The number of nitrogens with one attached hydrogen (secondary N) is 1. The highest BCUT2D eigenvalue weighted by molar-refractivity contribution is 5.35. The Labute approximate surface area is 126 Å². The molecule has 2 rings (SSSR count). The Morgan fingerprint density at radius 3 is 2.62 bits per heavy atom. The number of aryl methyl sites for hydroxylation is 1. The smallest absolute Gasteiger partial charge is 0.123 e. The minimum Gasteiger partial charge on any atom is -0.496 e. The minimum absolute atomic E-state index is 0.112. The van der Waals surface area contributed by atoms with Crippen LogP contribution < -0.4 is 10.1 Å². The Kier molecular flexibility index (Phi) is 5.37. The van der Waals surface area contributed by atoms with Gasteiger partial charge in [-0.2, -0.15) is 0 Å². The lowest BCUT2D eigenvalue weighted by atomic mass is 10.0. The first kappa shape index (κ1) is 15.5. The Morgan fingerprint density at radius 1 is 1.14 bits per heavy atom. The van der Waals surface area contributed by atoms with Crippen molar-refractivity contribution in [2.24, 2.45) is 0 Å². The van der Waals surface area contributed by atoms with Gasteiger partial charge in [0, 0.05) is 18.2 Å². The number of para-hydroxylation sites is 1. The summed E-state index contributed by atoms with van der Waals surface area (Å²) >= 11 is 0. The molecular weight excluding hydrogens is 262 g/mol. The highest BCUT2D eigenvalue weighted by Crippen LogP contribution is 2.24. The lowest BCUT2D eigenvalue weighted by molar-refractivity contribution is 0.170. The number of rotatable bonds is 6. The van der Waals surface area contributed by atoms with Gasteiger partial charge in [-0.15, -0.1) is 0 Å². The van der Waals surface area contributed by atoms with Crippen LogP contribution in [0.3, 0.4) is 0 Å². The lowest BCUT2D eigenvalue weighted by Crippen LogP contribution is -2.25. The van der Waals surface area contributed by atoms with Gasteiger partial charge in [-0.05, 0) is 25.5 Å². The van der Waals surface area contributed by atoms with E-state index in [9.17, 15) is 5.11 Å². The van der Waals surface area contributed by atoms with Crippen LogP contribution in [-0.4, -0.2) is 18.8 Å². The van der Waals surface area contributed by atoms with Gasteiger partial charge in [-0.1, -0.05) is 48.0 Å². The molecule has 0 aliphatic rings. The molecule has 0 fully saturated rings. The third-order valence-corrected chi connectivity index (χ3v) is 3.65. The van der Waals surface area contributed by atoms with Crippen molar-refractivity contribution in [2.45, 2.75) is 26.0 Å². The molecule has 0 spiro atoms. The first-order valence-electron chi connectivity index (χ1n) is 7.22. The van der Waals surface area contributed by atoms with Crippen molar-refractivity contribution in [2.75, 3.05) is 13.7 Å². The van der Waals surface area contributed by atoms with Crippen LogP contribution in [0.1, 0.15) is 35.8 Å². The molecule has 3 nitrogen and oxygen atoms in total. The second kappa shape index (κ2) is 7.25. The van der Waals surface area contributed by atoms with Crippen molar-refractivity contribution in [3.8, 4) is 5.75 Å².